The third kappa shape index (κ3) is 3.36. The van der Waals surface area contributed by atoms with Gasteiger partial charge in [-0.2, -0.15) is 0 Å². The van der Waals surface area contributed by atoms with Gasteiger partial charge >= 0.3 is 0 Å². The van der Waals surface area contributed by atoms with Crippen LogP contribution < -0.4 is 5.32 Å². The van der Waals surface area contributed by atoms with Crippen molar-refractivity contribution in [2.45, 2.75) is 39.8 Å². The number of thiazole rings is 1. The highest BCUT2D eigenvalue weighted by atomic mass is 32.1. The fourth-order valence-corrected chi connectivity index (χ4v) is 2.40. The monoisotopic (exact) mass is 265 g/mol. The number of hydrogen-bond donors (Lipinski definition) is 1. The molecule has 2 aromatic heterocycles. The van der Waals surface area contributed by atoms with E-state index in [2.05, 4.69) is 46.8 Å². The summed E-state index contributed by atoms with van der Waals surface area (Å²) >= 11 is 1.71. The smallest absolute Gasteiger partial charge is 0.0964 e. The lowest BCUT2D eigenvalue weighted by atomic mass is 10.2. The Morgan fingerprint density at radius 2 is 2.22 bits per heavy atom. The molecule has 0 amide bonds. The standard InChI is InChI=1S/C12H19N5S/c1-4-13-5-10-6-17(16-15-10)7-11-8-18-12(14-11)9(2)3/h6,8-9,13H,4-5,7H2,1-3H3. The molecule has 6 heteroatoms. The highest BCUT2D eigenvalue weighted by molar-refractivity contribution is 7.09. The molecule has 2 aromatic rings. The first-order valence-corrected chi connectivity index (χ1v) is 7.11. The van der Waals surface area contributed by atoms with Crippen molar-refractivity contribution in [3.8, 4) is 0 Å². The lowest BCUT2D eigenvalue weighted by Gasteiger charge is -1.98. The van der Waals surface area contributed by atoms with Gasteiger partial charge in [-0.05, 0) is 6.54 Å². The van der Waals surface area contributed by atoms with E-state index >= 15 is 0 Å². The molecular formula is C12H19N5S. The molecule has 0 bridgehead atoms. The van der Waals surface area contributed by atoms with E-state index in [-0.39, 0.29) is 0 Å². The van der Waals surface area contributed by atoms with Crippen LogP contribution in [0.2, 0.25) is 0 Å². The van der Waals surface area contributed by atoms with Gasteiger partial charge in [-0.1, -0.05) is 26.0 Å². The minimum absolute atomic E-state index is 0.490. The van der Waals surface area contributed by atoms with E-state index in [4.69, 9.17) is 0 Å². The molecule has 0 saturated carbocycles. The van der Waals surface area contributed by atoms with Gasteiger partial charge in [-0.3, -0.25) is 0 Å². The second kappa shape index (κ2) is 6.06. The summed E-state index contributed by atoms with van der Waals surface area (Å²) in [6.07, 6.45) is 1.97. The Bertz CT molecular complexity index is 488. The predicted octanol–water partition coefficient (Wildman–Crippen LogP) is 2.02. The molecule has 0 unspecified atom stereocenters. The highest BCUT2D eigenvalue weighted by Crippen LogP contribution is 2.19. The van der Waals surface area contributed by atoms with Crippen LogP contribution in [0.4, 0.5) is 0 Å². The molecule has 0 aliphatic heterocycles. The maximum atomic E-state index is 4.59. The van der Waals surface area contributed by atoms with Gasteiger partial charge in [-0.15, -0.1) is 16.4 Å². The zero-order valence-corrected chi connectivity index (χ0v) is 11.9. The van der Waals surface area contributed by atoms with E-state index < -0.39 is 0 Å². The number of aromatic nitrogens is 4. The summed E-state index contributed by atoms with van der Waals surface area (Å²) in [5, 5.41) is 14.7. The minimum Gasteiger partial charge on any atom is -0.311 e. The van der Waals surface area contributed by atoms with Crippen molar-refractivity contribution in [2.75, 3.05) is 6.54 Å². The molecule has 98 valence electrons. The van der Waals surface area contributed by atoms with Crippen LogP contribution in [0.1, 0.15) is 43.1 Å². The van der Waals surface area contributed by atoms with Crippen molar-refractivity contribution in [3.63, 3.8) is 0 Å². The Morgan fingerprint density at radius 3 is 2.89 bits per heavy atom. The van der Waals surface area contributed by atoms with E-state index in [1.807, 2.05) is 10.9 Å². The topological polar surface area (TPSA) is 55.6 Å². The van der Waals surface area contributed by atoms with Gasteiger partial charge < -0.3 is 5.32 Å². The molecule has 5 nitrogen and oxygen atoms in total. The molecule has 0 spiro atoms. The molecule has 2 rings (SSSR count). The summed E-state index contributed by atoms with van der Waals surface area (Å²) in [5.74, 6) is 0.490. The Hall–Kier alpha value is -1.27. The van der Waals surface area contributed by atoms with E-state index in [9.17, 15) is 0 Å². The molecule has 1 N–H and O–H groups in total. The number of nitrogens with zero attached hydrogens (tertiary/aromatic N) is 4. The minimum atomic E-state index is 0.490. The first-order valence-electron chi connectivity index (χ1n) is 6.23. The Balaban J connectivity index is 1.97. The van der Waals surface area contributed by atoms with Crippen molar-refractivity contribution >= 4 is 11.3 Å². The van der Waals surface area contributed by atoms with Crippen molar-refractivity contribution in [3.05, 3.63) is 28.0 Å². The lowest BCUT2D eigenvalue weighted by molar-refractivity contribution is 0.637. The fraction of sp³-hybridized carbons (Fsp3) is 0.583. The molecular weight excluding hydrogens is 246 g/mol. The predicted molar refractivity (Wildman–Crippen MR) is 72.7 cm³/mol. The largest absolute Gasteiger partial charge is 0.311 e. The molecule has 18 heavy (non-hydrogen) atoms. The second-order valence-corrected chi connectivity index (χ2v) is 5.41. The third-order valence-electron chi connectivity index (χ3n) is 2.53. The van der Waals surface area contributed by atoms with Crippen molar-refractivity contribution < 1.29 is 0 Å². The highest BCUT2D eigenvalue weighted by Gasteiger charge is 2.07. The zero-order valence-electron chi connectivity index (χ0n) is 11.1. The summed E-state index contributed by atoms with van der Waals surface area (Å²) in [6, 6.07) is 0. The molecule has 0 saturated heterocycles. The van der Waals surface area contributed by atoms with Crippen LogP contribution in [-0.2, 0) is 13.1 Å². The van der Waals surface area contributed by atoms with Crippen LogP contribution >= 0.6 is 11.3 Å². The summed E-state index contributed by atoms with van der Waals surface area (Å²) in [7, 11) is 0. The van der Waals surface area contributed by atoms with Crippen LogP contribution in [0.5, 0.6) is 0 Å². The average Bonchev–Trinajstić information content (AvgIpc) is 2.96. The Kier molecular flexibility index (Phi) is 4.43. The lowest BCUT2D eigenvalue weighted by Crippen LogP contribution is -2.11. The summed E-state index contributed by atoms with van der Waals surface area (Å²) in [4.78, 5) is 4.59. The summed E-state index contributed by atoms with van der Waals surface area (Å²) in [5.41, 5.74) is 2.03. The van der Waals surface area contributed by atoms with E-state index in [1.165, 1.54) is 5.01 Å². The van der Waals surface area contributed by atoms with E-state index in [0.29, 0.717) is 12.5 Å². The van der Waals surface area contributed by atoms with E-state index in [0.717, 1.165) is 24.5 Å². The third-order valence-corrected chi connectivity index (χ3v) is 3.72. The molecule has 0 aliphatic carbocycles. The SMILES string of the molecule is CCNCc1cn(Cc2csc(C(C)C)n2)nn1. The van der Waals surface area contributed by atoms with Gasteiger partial charge in [0.25, 0.3) is 0 Å². The molecule has 0 aromatic carbocycles. The first kappa shape index (κ1) is 13.2. The van der Waals surface area contributed by atoms with Crippen LogP contribution in [0, 0.1) is 0 Å². The number of hydrogen-bond acceptors (Lipinski definition) is 5. The van der Waals surface area contributed by atoms with Crippen molar-refractivity contribution in [1.29, 1.82) is 0 Å². The van der Waals surface area contributed by atoms with Crippen LogP contribution in [0.3, 0.4) is 0 Å². The second-order valence-electron chi connectivity index (χ2n) is 4.52. The quantitative estimate of drug-likeness (QED) is 0.868. The normalized spacial score (nSPS) is 11.3. The van der Waals surface area contributed by atoms with Gasteiger partial charge in [0.1, 0.15) is 0 Å². The van der Waals surface area contributed by atoms with E-state index in [1.54, 1.807) is 11.3 Å². The van der Waals surface area contributed by atoms with Gasteiger partial charge in [0.05, 0.1) is 29.1 Å². The molecule has 0 aliphatic rings. The van der Waals surface area contributed by atoms with Crippen LogP contribution in [0.15, 0.2) is 11.6 Å². The van der Waals surface area contributed by atoms with Crippen molar-refractivity contribution in [2.24, 2.45) is 0 Å². The zero-order chi connectivity index (χ0) is 13.0. The Morgan fingerprint density at radius 1 is 1.39 bits per heavy atom. The molecule has 0 atom stereocenters. The van der Waals surface area contributed by atoms with Crippen LogP contribution in [0.25, 0.3) is 0 Å². The molecule has 0 fully saturated rings. The molecule has 0 radical (unpaired) electrons. The number of nitrogens with one attached hydrogen (secondary N) is 1. The van der Waals surface area contributed by atoms with Crippen LogP contribution in [-0.4, -0.2) is 26.5 Å². The molecule has 2 heterocycles. The fourth-order valence-electron chi connectivity index (χ4n) is 1.58. The van der Waals surface area contributed by atoms with Gasteiger partial charge in [0.2, 0.25) is 0 Å². The van der Waals surface area contributed by atoms with Crippen molar-refractivity contribution in [1.82, 2.24) is 25.3 Å². The average molecular weight is 265 g/mol. The summed E-state index contributed by atoms with van der Waals surface area (Å²) in [6.45, 7) is 8.80. The van der Waals surface area contributed by atoms with Gasteiger partial charge in [0, 0.05) is 17.8 Å². The number of rotatable bonds is 6. The van der Waals surface area contributed by atoms with Gasteiger partial charge in [-0.25, -0.2) is 9.67 Å². The Labute approximate surface area is 111 Å². The maximum absolute atomic E-state index is 4.59. The first-order chi connectivity index (χ1) is 8.69. The summed E-state index contributed by atoms with van der Waals surface area (Å²) < 4.78 is 1.84. The maximum Gasteiger partial charge on any atom is 0.0964 e. The van der Waals surface area contributed by atoms with Gasteiger partial charge in [0.15, 0.2) is 0 Å².